The highest BCUT2D eigenvalue weighted by Crippen LogP contribution is 2.09. The van der Waals surface area contributed by atoms with Crippen LogP contribution in [0.15, 0.2) is 23.8 Å². The Hall–Kier alpha value is -1.79. The summed E-state index contributed by atoms with van der Waals surface area (Å²) in [6.45, 7) is 2.80. The molecule has 0 aliphatic rings. The highest BCUT2D eigenvalue weighted by atomic mass is 32.1. The normalized spacial score (nSPS) is 10.3. The molecule has 0 saturated heterocycles. The third kappa shape index (κ3) is 2.91. The van der Waals surface area contributed by atoms with Crippen LogP contribution in [-0.2, 0) is 13.1 Å². The zero-order valence-corrected chi connectivity index (χ0v) is 10.8. The fraction of sp³-hybridized carbons (Fsp3) is 0.250. The zero-order chi connectivity index (χ0) is 13.0. The standard InChI is InChI=1S/C12H14N4OS/c1-8-5-14-3-2-9(8)6-15-12(17)10-7-18-11(4-13)16-10/h2-3,5,7H,4,6,13H2,1H3,(H,15,17). The predicted molar refractivity (Wildman–Crippen MR) is 70.1 cm³/mol. The lowest BCUT2D eigenvalue weighted by atomic mass is 10.1. The molecule has 18 heavy (non-hydrogen) atoms. The van der Waals surface area contributed by atoms with Crippen molar-refractivity contribution in [1.29, 1.82) is 0 Å². The molecule has 2 heterocycles. The number of amides is 1. The first-order valence-electron chi connectivity index (χ1n) is 5.53. The Labute approximate surface area is 109 Å². The fourth-order valence-electron chi connectivity index (χ4n) is 1.48. The third-order valence-corrected chi connectivity index (χ3v) is 3.41. The van der Waals surface area contributed by atoms with Gasteiger partial charge >= 0.3 is 0 Å². The van der Waals surface area contributed by atoms with E-state index in [0.29, 0.717) is 18.8 Å². The Bertz CT molecular complexity index is 553. The van der Waals surface area contributed by atoms with E-state index in [-0.39, 0.29) is 5.91 Å². The van der Waals surface area contributed by atoms with Crippen LogP contribution < -0.4 is 11.1 Å². The number of aryl methyl sites for hydroxylation is 1. The Kier molecular flexibility index (Phi) is 4.01. The van der Waals surface area contributed by atoms with Gasteiger partial charge in [0.2, 0.25) is 0 Å². The van der Waals surface area contributed by atoms with E-state index in [2.05, 4.69) is 15.3 Å². The van der Waals surface area contributed by atoms with Crippen LogP contribution in [0.25, 0.3) is 0 Å². The van der Waals surface area contributed by atoms with Crippen LogP contribution in [0, 0.1) is 6.92 Å². The van der Waals surface area contributed by atoms with Crippen LogP contribution in [0.1, 0.15) is 26.6 Å². The van der Waals surface area contributed by atoms with Crippen LogP contribution in [0.3, 0.4) is 0 Å². The molecule has 5 nitrogen and oxygen atoms in total. The number of nitrogens with two attached hydrogens (primary N) is 1. The number of rotatable bonds is 4. The molecule has 0 atom stereocenters. The van der Waals surface area contributed by atoms with E-state index in [9.17, 15) is 4.79 Å². The van der Waals surface area contributed by atoms with Crippen molar-refractivity contribution < 1.29 is 4.79 Å². The Morgan fingerprint density at radius 1 is 1.56 bits per heavy atom. The number of carbonyl (C=O) groups is 1. The maximum absolute atomic E-state index is 11.8. The number of hydrogen-bond acceptors (Lipinski definition) is 5. The van der Waals surface area contributed by atoms with Gasteiger partial charge in [0.1, 0.15) is 10.7 Å². The minimum atomic E-state index is -0.179. The number of nitrogens with zero attached hydrogens (tertiary/aromatic N) is 2. The molecule has 0 aromatic carbocycles. The van der Waals surface area contributed by atoms with Crippen LogP contribution in [0.5, 0.6) is 0 Å². The lowest BCUT2D eigenvalue weighted by Gasteiger charge is -2.05. The van der Waals surface area contributed by atoms with Gasteiger partial charge in [-0.3, -0.25) is 9.78 Å². The van der Waals surface area contributed by atoms with Gasteiger partial charge in [-0.1, -0.05) is 0 Å². The highest BCUT2D eigenvalue weighted by molar-refractivity contribution is 7.09. The summed E-state index contributed by atoms with van der Waals surface area (Å²) in [5, 5.41) is 5.31. The maximum atomic E-state index is 11.8. The van der Waals surface area contributed by atoms with E-state index in [1.54, 1.807) is 17.8 Å². The van der Waals surface area contributed by atoms with Crippen molar-refractivity contribution in [3.8, 4) is 0 Å². The number of thiazole rings is 1. The van der Waals surface area contributed by atoms with Gasteiger partial charge in [-0.15, -0.1) is 11.3 Å². The lowest BCUT2D eigenvalue weighted by molar-refractivity contribution is 0.0946. The summed E-state index contributed by atoms with van der Waals surface area (Å²) in [5.74, 6) is -0.179. The SMILES string of the molecule is Cc1cnccc1CNC(=O)c1csc(CN)n1. The van der Waals surface area contributed by atoms with Crippen molar-refractivity contribution in [2.45, 2.75) is 20.0 Å². The Balaban J connectivity index is 1.98. The van der Waals surface area contributed by atoms with E-state index >= 15 is 0 Å². The van der Waals surface area contributed by atoms with Crippen LogP contribution >= 0.6 is 11.3 Å². The molecular formula is C12H14N4OS. The molecule has 0 bridgehead atoms. The smallest absolute Gasteiger partial charge is 0.271 e. The molecule has 0 saturated carbocycles. The quantitative estimate of drug-likeness (QED) is 0.868. The van der Waals surface area contributed by atoms with Gasteiger partial charge in [0.15, 0.2) is 0 Å². The topological polar surface area (TPSA) is 80.9 Å². The maximum Gasteiger partial charge on any atom is 0.271 e. The second-order valence-electron chi connectivity index (χ2n) is 3.82. The largest absolute Gasteiger partial charge is 0.347 e. The molecular weight excluding hydrogens is 248 g/mol. The summed E-state index contributed by atoms with van der Waals surface area (Å²) >= 11 is 1.40. The second kappa shape index (κ2) is 5.70. The van der Waals surface area contributed by atoms with Crippen molar-refractivity contribution >= 4 is 17.2 Å². The highest BCUT2D eigenvalue weighted by Gasteiger charge is 2.10. The van der Waals surface area contributed by atoms with Gasteiger partial charge in [-0.25, -0.2) is 4.98 Å². The minimum absolute atomic E-state index is 0.179. The minimum Gasteiger partial charge on any atom is -0.347 e. The first-order chi connectivity index (χ1) is 8.70. The molecule has 0 aliphatic heterocycles. The van der Waals surface area contributed by atoms with E-state index in [1.165, 1.54) is 11.3 Å². The van der Waals surface area contributed by atoms with Gasteiger partial charge in [-0.2, -0.15) is 0 Å². The number of carbonyl (C=O) groups excluding carboxylic acids is 1. The molecule has 1 amide bonds. The van der Waals surface area contributed by atoms with Crippen molar-refractivity contribution in [2.24, 2.45) is 5.73 Å². The first-order valence-corrected chi connectivity index (χ1v) is 6.41. The summed E-state index contributed by atoms with van der Waals surface area (Å²) in [5.41, 5.74) is 7.98. The zero-order valence-electron chi connectivity index (χ0n) is 10.0. The molecule has 94 valence electrons. The summed E-state index contributed by atoms with van der Waals surface area (Å²) in [6, 6.07) is 1.89. The van der Waals surface area contributed by atoms with Crippen molar-refractivity contribution in [1.82, 2.24) is 15.3 Å². The van der Waals surface area contributed by atoms with Crippen molar-refractivity contribution in [3.63, 3.8) is 0 Å². The van der Waals surface area contributed by atoms with Gasteiger partial charge in [0.05, 0.1) is 0 Å². The number of pyridine rings is 1. The third-order valence-electron chi connectivity index (χ3n) is 2.53. The molecule has 3 N–H and O–H groups in total. The number of nitrogens with one attached hydrogen (secondary N) is 1. The molecule has 2 aromatic rings. The monoisotopic (exact) mass is 262 g/mol. The number of hydrogen-bond donors (Lipinski definition) is 2. The lowest BCUT2D eigenvalue weighted by Crippen LogP contribution is -2.23. The summed E-state index contributed by atoms with van der Waals surface area (Å²) in [4.78, 5) is 20.0. The van der Waals surface area contributed by atoms with Crippen molar-refractivity contribution in [3.05, 3.63) is 45.7 Å². The Morgan fingerprint density at radius 3 is 3.06 bits per heavy atom. The summed E-state index contributed by atoms with van der Waals surface area (Å²) in [7, 11) is 0. The molecule has 0 radical (unpaired) electrons. The molecule has 6 heteroatoms. The van der Waals surface area contributed by atoms with Gasteiger partial charge in [-0.05, 0) is 24.1 Å². The predicted octanol–water partition coefficient (Wildman–Crippen LogP) is 1.24. The molecule has 2 aromatic heterocycles. The van der Waals surface area contributed by atoms with E-state index in [0.717, 1.165) is 16.1 Å². The molecule has 0 aliphatic carbocycles. The Morgan fingerprint density at radius 2 is 2.39 bits per heavy atom. The molecule has 0 unspecified atom stereocenters. The average molecular weight is 262 g/mol. The first kappa shape index (κ1) is 12.7. The van der Waals surface area contributed by atoms with E-state index in [4.69, 9.17) is 5.73 Å². The van der Waals surface area contributed by atoms with E-state index in [1.807, 2.05) is 13.0 Å². The van der Waals surface area contributed by atoms with Gasteiger partial charge < -0.3 is 11.1 Å². The average Bonchev–Trinajstić information content (AvgIpc) is 2.86. The molecule has 2 rings (SSSR count). The van der Waals surface area contributed by atoms with Crippen LogP contribution in [0.2, 0.25) is 0 Å². The van der Waals surface area contributed by atoms with Crippen LogP contribution in [-0.4, -0.2) is 15.9 Å². The van der Waals surface area contributed by atoms with E-state index < -0.39 is 0 Å². The number of aromatic nitrogens is 2. The van der Waals surface area contributed by atoms with Crippen molar-refractivity contribution in [2.75, 3.05) is 0 Å². The second-order valence-corrected chi connectivity index (χ2v) is 4.76. The van der Waals surface area contributed by atoms with Gasteiger partial charge in [0, 0.05) is 30.9 Å². The molecule has 0 fully saturated rings. The van der Waals surface area contributed by atoms with Crippen LogP contribution in [0.4, 0.5) is 0 Å². The fourth-order valence-corrected chi connectivity index (χ4v) is 2.13. The van der Waals surface area contributed by atoms with Gasteiger partial charge in [0.25, 0.3) is 5.91 Å². The summed E-state index contributed by atoms with van der Waals surface area (Å²) in [6.07, 6.45) is 3.49. The summed E-state index contributed by atoms with van der Waals surface area (Å²) < 4.78 is 0. The molecule has 0 spiro atoms.